The summed E-state index contributed by atoms with van der Waals surface area (Å²) in [6.07, 6.45) is 2.35. The van der Waals surface area contributed by atoms with E-state index in [9.17, 15) is 0 Å². The van der Waals surface area contributed by atoms with Crippen molar-refractivity contribution in [3.8, 4) is 0 Å². The Hall–Kier alpha value is -0.970. The number of hydrogen-bond acceptors (Lipinski definition) is 5. The number of nitrogens with one attached hydrogen (secondary N) is 1. The minimum Gasteiger partial charge on any atom is -0.370 e. The largest absolute Gasteiger partial charge is 0.370 e. The topological polar surface area (TPSA) is 41.1 Å². The molecule has 1 aromatic heterocycles. The fraction of sp³-hybridized carbons (Fsp3) is 0.750. The molecule has 5 heteroatoms. The number of aromatic nitrogens is 2. The molecule has 0 atom stereocenters. The fourth-order valence-corrected chi connectivity index (χ4v) is 3.35. The predicted octanol–water partition coefficient (Wildman–Crippen LogP) is 3.67. The minimum absolute atomic E-state index is 0.355. The molecule has 0 unspecified atom stereocenters. The van der Waals surface area contributed by atoms with Crippen LogP contribution < -0.4 is 10.2 Å². The Morgan fingerprint density at radius 1 is 1.24 bits per heavy atom. The van der Waals surface area contributed by atoms with Gasteiger partial charge in [0, 0.05) is 36.9 Å². The van der Waals surface area contributed by atoms with E-state index in [1.165, 1.54) is 23.5 Å². The maximum Gasteiger partial charge on any atom is 0.137 e. The molecule has 0 aliphatic carbocycles. The first-order chi connectivity index (χ1) is 10.1. The van der Waals surface area contributed by atoms with E-state index in [1.54, 1.807) is 0 Å². The van der Waals surface area contributed by atoms with Crippen LogP contribution in [0.5, 0.6) is 0 Å². The molecule has 1 aliphatic rings. The van der Waals surface area contributed by atoms with Gasteiger partial charge in [-0.2, -0.15) is 11.8 Å². The van der Waals surface area contributed by atoms with Crippen LogP contribution in [0.25, 0.3) is 0 Å². The average Bonchev–Trinajstić information content (AvgIpc) is 2.75. The van der Waals surface area contributed by atoms with Crippen LogP contribution in [-0.2, 0) is 0 Å². The quantitative estimate of drug-likeness (QED) is 0.898. The third kappa shape index (κ3) is 4.25. The van der Waals surface area contributed by atoms with Crippen LogP contribution in [0.1, 0.15) is 50.9 Å². The van der Waals surface area contributed by atoms with Gasteiger partial charge in [0.15, 0.2) is 0 Å². The van der Waals surface area contributed by atoms with E-state index in [1.807, 2.05) is 11.8 Å². The first kappa shape index (κ1) is 16.4. The lowest BCUT2D eigenvalue weighted by molar-refractivity contribution is 0.741. The molecule has 2 heterocycles. The highest BCUT2D eigenvalue weighted by Gasteiger charge is 2.19. The number of rotatable bonds is 5. The Bertz CT molecular complexity index is 454. The van der Waals surface area contributed by atoms with E-state index in [0.29, 0.717) is 5.92 Å². The monoisotopic (exact) mass is 308 g/mol. The lowest BCUT2D eigenvalue weighted by Crippen LogP contribution is -2.28. The highest BCUT2D eigenvalue weighted by atomic mass is 32.2. The van der Waals surface area contributed by atoms with Crippen molar-refractivity contribution in [2.75, 3.05) is 41.4 Å². The molecule has 1 aliphatic heterocycles. The van der Waals surface area contributed by atoms with E-state index in [2.05, 4.69) is 37.9 Å². The fourth-order valence-electron chi connectivity index (χ4n) is 2.46. The summed E-state index contributed by atoms with van der Waals surface area (Å²) < 4.78 is 0. The Balaban J connectivity index is 2.34. The molecule has 1 N–H and O–H groups in total. The van der Waals surface area contributed by atoms with Gasteiger partial charge >= 0.3 is 0 Å². The second kappa shape index (κ2) is 7.87. The van der Waals surface area contributed by atoms with Gasteiger partial charge in [-0.05, 0) is 25.5 Å². The Kier molecular flexibility index (Phi) is 6.15. The van der Waals surface area contributed by atoms with Gasteiger partial charge in [-0.1, -0.05) is 20.8 Å². The standard InChI is InChI=1S/C16H28N4S/c1-5-7-17-15-13(4)16(19-14(18-15)12(2)3)20-8-6-10-21-11-9-20/h12H,5-11H2,1-4H3,(H,17,18,19). The molecule has 21 heavy (non-hydrogen) atoms. The van der Waals surface area contributed by atoms with Crippen LogP contribution >= 0.6 is 11.8 Å². The van der Waals surface area contributed by atoms with Crippen molar-refractivity contribution >= 4 is 23.4 Å². The van der Waals surface area contributed by atoms with E-state index >= 15 is 0 Å². The van der Waals surface area contributed by atoms with Crippen LogP contribution in [0.15, 0.2) is 0 Å². The van der Waals surface area contributed by atoms with Gasteiger partial charge in [0.1, 0.15) is 17.5 Å². The van der Waals surface area contributed by atoms with Crippen LogP contribution in [0.3, 0.4) is 0 Å². The van der Waals surface area contributed by atoms with E-state index in [0.717, 1.165) is 43.5 Å². The molecular weight excluding hydrogens is 280 g/mol. The maximum absolute atomic E-state index is 4.87. The molecule has 0 amide bonds. The number of anilines is 2. The van der Waals surface area contributed by atoms with Gasteiger partial charge in [0.2, 0.25) is 0 Å². The van der Waals surface area contributed by atoms with Crippen molar-refractivity contribution < 1.29 is 0 Å². The van der Waals surface area contributed by atoms with Crippen molar-refractivity contribution in [2.24, 2.45) is 0 Å². The van der Waals surface area contributed by atoms with Gasteiger partial charge in [-0.3, -0.25) is 0 Å². The average molecular weight is 308 g/mol. The molecule has 1 fully saturated rings. The molecule has 2 rings (SSSR count). The van der Waals surface area contributed by atoms with Crippen LogP contribution in [-0.4, -0.2) is 41.1 Å². The highest BCUT2D eigenvalue weighted by Crippen LogP contribution is 2.27. The number of nitrogens with zero attached hydrogens (tertiary/aromatic N) is 3. The van der Waals surface area contributed by atoms with Gasteiger partial charge < -0.3 is 10.2 Å². The minimum atomic E-state index is 0.355. The third-order valence-electron chi connectivity index (χ3n) is 3.72. The summed E-state index contributed by atoms with van der Waals surface area (Å²) in [4.78, 5) is 12.1. The second-order valence-electron chi connectivity index (χ2n) is 5.91. The zero-order valence-electron chi connectivity index (χ0n) is 13.8. The van der Waals surface area contributed by atoms with E-state index in [-0.39, 0.29) is 0 Å². The molecule has 1 saturated heterocycles. The summed E-state index contributed by atoms with van der Waals surface area (Å²) >= 11 is 2.05. The van der Waals surface area contributed by atoms with Crippen LogP contribution in [0.2, 0.25) is 0 Å². The Labute approximate surface area is 133 Å². The van der Waals surface area contributed by atoms with Crippen molar-refractivity contribution in [3.63, 3.8) is 0 Å². The molecule has 4 nitrogen and oxygen atoms in total. The normalized spacial score (nSPS) is 16.1. The molecule has 0 radical (unpaired) electrons. The molecule has 0 saturated carbocycles. The van der Waals surface area contributed by atoms with Crippen LogP contribution in [0.4, 0.5) is 11.6 Å². The first-order valence-corrected chi connectivity index (χ1v) is 9.24. The van der Waals surface area contributed by atoms with E-state index in [4.69, 9.17) is 9.97 Å². The molecule has 0 spiro atoms. The Morgan fingerprint density at radius 2 is 2.05 bits per heavy atom. The van der Waals surface area contributed by atoms with Crippen molar-refractivity contribution in [1.29, 1.82) is 0 Å². The molecule has 1 aromatic rings. The lowest BCUT2D eigenvalue weighted by Gasteiger charge is -2.25. The summed E-state index contributed by atoms with van der Waals surface area (Å²) in [7, 11) is 0. The van der Waals surface area contributed by atoms with E-state index < -0.39 is 0 Å². The van der Waals surface area contributed by atoms with Crippen molar-refractivity contribution in [3.05, 3.63) is 11.4 Å². The number of hydrogen-bond donors (Lipinski definition) is 1. The molecule has 118 valence electrons. The second-order valence-corrected chi connectivity index (χ2v) is 7.14. The molecule has 0 aromatic carbocycles. The first-order valence-electron chi connectivity index (χ1n) is 8.08. The summed E-state index contributed by atoms with van der Waals surface area (Å²) in [6.45, 7) is 11.8. The van der Waals surface area contributed by atoms with Gasteiger partial charge in [-0.15, -0.1) is 0 Å². The van der Waals surface area contributed by atoms with Gasteiger partial charge in [0.05, 0.1) is 0 Å². The molecule has 0 bridgehead atoms. The summed E-state index contributed by atoms with van der Waals surface area (Å²) in [6, 6.07) is 0. The van der Waals surface area contributed by atoms with Crippen molar-refractivity contribution in [2.45, 2.75) is 46.5 Å². The number of thioether (sulfide) groups is 1. The zero-order valence-corrected chi connectivity index (χ0v) is 14.6. The smallest absolute Gasteiger partial charge is 0.137 e. The molecular formula is C16H28N4S. The predicted molar refractivity (Wildman–Crippen MR) is 93.8 cm³/mol. The summed E-state index contributed by atoms with van der Waals surface area (Å²) in [5.41, 5.74) is 1.19. The Morgan fingerprint density at radius 3 is 2.76 bits per heavy atom. The summed E-state index contributed by atoms with van der Waals surface area (Å²) in [5, 5.41) is 3.47. The zero-order chi connectivity index (χ0) is 15.2. The van der Waals surface area contributed by atoms with Gasteiger partial charge in [-0.25, -0.2) is 9.97 Å². The summed E-state index contributed by atoms with van der Waals surface area (Å²) in [5.74, 6) is 5.91. The lowest BCUT2D eigenvalue weighted by atomic mass is 10.2. The SMILES string of the molecule is CCCNc1nc(C(C)C)nc(N2CCCSCC2)c1C. The highest BCUT2D eigenvalue weighted by molar-refractivity contribution is 7.99. The van der Waals surface area contributed by atoms with Crippen LogP contribution in [0, 0.1) is 6.92 Å². The maximum atomic E-state index is 4.87. The van der Waals surface area contributed by atoms with Crippen molar-refractivity contribution in [1.82, 2.24) is 9.97 Å². The van der Waals surface area contributed by atoms with Gasteiger partial charge in [0.25, 0.3) is 0 Å². The third-order valence-corrected chi connectivity index (χ3v) is 4.77.